The van der Waals surface area contributed by atoms with E-state index < -0.39 is 5.24 Å². The zero-order valence-corrected chi connectivity index (χ0v) is 9.53. The van der Waals surface area contributed by atoms with Gasteiger partial charge in [-0.25, -0.2) is 0 Å². The third kappa shape index (κ3) is 2.58. The number of ether oxygens (including phenoxy) is 2. The van der Waals surface area contributed by atoms with Crippen LogP contribution in [0.15, 0.2) is 23.8 Å². The van der Waals surface area contributed by atoms with Gasteiger partial charge in [-0.05, 0) is 35.4 Å². The number of hydrogen-bond donors (Lipinski definition) is 0. The summed E-state index contributed by atoms with van der Waals surface area (Å²) in [5, 5.41) is 7.94. The molecule has 17 heavy (non-hydrogen) atoms. The molecule has 0 radical (unpaired) electrons. The maximum Gasteiger partial charge on any atom is 0.262 e. The number of rotatable bonds is 2. The Morgan fingerprint density at radius 1 is 1.35 bits per heavy atom. The first-order chi connectivity index (χ1) is 8.20. The van der Waals surface area contributed by atoms with Gasteiger partial charge < -0.3 is 9.47 Å². The Bertz CT molecular complexity index is 531. The summed E-state index contributed by atoms with van der Waals surface area (Å²) in [6, 6.07) is 6.89. The second-order valence-corrected chi connectivity index (χ2v) is 3.69. The first-order valence-electron chi connectivity index (χ1n) is 4.92. The lowest BCUT2D eigenvalue weighted by Crippen LogP contribution is -2.15. The van der Waals surface area contributed by atoms with Crippen molar-refractivity contribution in [3.05, 3.63) is 29.3 Å². The lowest BCUT2D eigenvalue weighted by molar-refractivity contribution is -0.108. The molecule has 1 aliphatic heterocycles. The highest BCUT2D eigenvalue weighted by molar-refractivity contribution is 6.68. The molecular formula is C12H8ClNO3. The number of hydrogen-bond acceptors (Lipinski definition) is 4. The predicted octanol–water partition coefficient (Wildman–Crippen LogP) is 2.13. The van der Waals surface area contributed by atoms with Crippen molar-refractivity contribution < 1.29 is 14.3 Å². The average molecular weight is 250 g/mol. The number of carbonyl (C=O) groups excluding carboxylic acids is 1. The maximum atomic E-state index is 10.9. The van der Waals surface area contributed by atoms with Crippen LogP contribution in [-0.4, -0.2) is 18.5 Å². The summed E-state index contributed by atoms with van der Waals surface area (Å²) in [4.78, 5) is 10.9. The number of benzene rings is 1. The molecule has 0 unspecified atom stereocenters. The van der Waals surface area contributed by atoms with E-state index in [-0.39, 0.29) is 5.57 Å². The highest BCUT2D eigenvalue weighted by Crippen LogP contribution is 2.31. The molecule has 0 fully saturated rings. The quantitative estimate of drug-likeness (QED) is 0.458. The Balaban J connectivity index is 2.35. The first kappa shape index (κ1) is 11.5. The van der Waals surface area contributed by atoms with Gasteiger partial charge in [0, 0.05) is 0 Å². The lowest BCUT2D eigenvalue weighted by Gasteiger charge is -2.18. The average Bonchev–Trinajstić information content (AvgIpc) is 2.35. The molecule has 0 spiro atoms. The zero-order valence-electron chi connectivity index (χ0n) is 8.77. The molecule has 0 saturated carbocycles. The van der Waals surface area contributed by atoms with E-state index in [1.54, 1.807) is 24.3 Å². The fourth-order valence-corrected chi connectivity index (χ4v) is 1.55. The summed E-state index contributed by atoms with van der Waals surface area (Å²) < 4.78 is 10.7. The normalized spacial score (nSPS) is 14.0. The third-order valence-electron chi connectivity index (χ3n) is 2.21. The van der Waals surface area contributed by atoms with E-state index in [0.29, 0.717) is 30.3 Å². The van der Waals surface area contributed by atoms with Gasteiger partial charge in [0.25, 0.3) is 5.24 Å². The van der Waals surface area contributed by atoms with Gasteiger partial charge in [0.2, 0.25) is 0 Å². The largest absolute Gasteiger partial charge is 0.486 e. The highest BCUT2D eigenvalue weighted by atomic mass is 35.5. The van der Waals surface area contributed by atoms with Gasteiger partial charge in [-0.1, -0.05) is 6.07 Å². The molecule has 0 saturated heterocycles. The smallest absolute Gasteiger partial charge is 0.262 e. The molecule has 1 aromatic rings. The first-order valence-corrected chi connectivity index (χ1v) is 5.30. The van der Waals surface area contributed by atoms with Crippen LogP contribution < -0.4 is 9.47 Å². The van der Waals surface area contributed by atoms with E-state index in [1.165, 1.54) is 6.08 Å². The van der Waals surface area contributed by atoms with E-state index >= 15 is 0 Å². The molecule has 1 heterocycles. The molecule has 0 bridgehead atoms. The van der Waals surface area contributed by atoms with Gasteiger partial charge in [0.05, 0.1) is 0 Å². The second-order valence-electron chi connectivity index (χ2n) is 3.35. The van der Waals surface area contributed by atoms with Crippen LogP contribution in [0.5, 0.6) is 11.5 Å². The molecular weight excluding hydrogens is 242 g/mol. The van der Waals surface area contributed by atoms with Gasteiger partial charge in [0.15, 0.2) is 11.5 Å². The molecule has 0 amide bonds. The summed E-state index contributed by atoms with van der Waals surface area (Å²) in [6.07, 6.45) is 1.41. The van der Waals surface area contributed by atoms with Crippen molar-refractivity contribution in [1.29, 1.82) is 5.26 Å². The lowest BCUT2D eigenvalue weighted by atomic mass is 10.1. The van der Waals surface area contributed by atoms with Crippen LogP contribution in [0.2, 0.25) is 0 Å². The predicted molar refractivity (Wildman–Crippen MR) is 61.9 cm³/mol. The van der Waals surface area contributed by atoms with Gasteiger partial charge >= 0.3 is 0 Å². The van der Waals surface area contributed by atoms with Crippen LogP contribution >= 0.6 is 11.6 Å². The summed E-state index contributed by atoms with van der Waals surface area (Å²) in [7, 11) is 0. The Kier molecular flexibility index (Phi) is 3.31. The van der Waals surface area contributed by atoms with E-state index in [2.05, 4.69) is 0 Å². The summed E-state index contributed by atoms with van der Waals surface area (Å²) >= 11 is 5.25. The van der Waals surface area contributed by atoms with Crippen LogP contribution in [0, 0.1) is 11.3 Å². The van der Waals surface area contributed by atoms with Gasteiger partial charge in [0.1, 0.15) is 24.9 Å². The molecule has 0 atom stereocenters. The van der Waals surface area contributed by atoms with Crippen molar-refractivity contribution in [2.24, 2.45) is 0 Å². The van der Waals surface area contributed by atoms with Crippen molar-refractivity contribution in [3.8, 4) is 17.6 Å². The van der Waals surface area contributed by atoms with E-state index in [0.717, 1.165) is 0 Å². The fraction of sp³-hybridized carbons (Fsp3) is 0.167. The standard InChI is InChI=1S/C12H8ClNO3/c13-12(15)9(7-14)5-8-1-2-10-11(6-8)17-4-3-16-10/h1-2,5-6H,3-4H2. The Morgan fingerprint density at radius 2 is 2.06 bits per heavy atom. The third-order valence-corrected chi connectivity index (χ3v) is 2.41. The Hall–Kier alpha value is -1.99. The molecule has 5 heteroatoms. The van der Waals surface area contributed by atoms with Crippen molar-refractivity contribution in [2.45, 2.75) is 0 Å². The van der Waals surface area contributed by atoms with E-state index in [4.69, 9.17) is 26.3 Å². The minimum absolute atomic E-state index is 0.108. The second kappa shape index (κ2) is 4.89. The van der Waals surface area contributed by atoms with Crippen LogP contribution in [0.3, 0.4) is 0 Å². The zero-order chi connectivity index (χ0) is 12.3. The molecule has 0 aliphatic carbocycles. The van der Waals surface area contributed by atoms with Gasteiger partial charge in [-0.3, -0.25) is 4.79 Å². The Morgan fingerprint density at radius 3 is 2.71 bits per heavy atom. The van der Waals surface area contributed by atoms with Crippen molar-refractivity contribution in [3.63, 3.8) is 0 Å². The molecule has 0 N–H and O–H groups in total. The number of nitriles is 1. The highest BCUT2D eigenvalue weighted by Gasteiger charge is 2.12. The Labute approximate surface area is 103 Å². The monoisotopic (exact) mass is 249 g/mol. The number of carbonyl (C=O) groups is 1. The van der Waals surface area contributed by atoms with E-state index in [1.807, 2.05) is 0 Å². The minimum Gasteiger partial charge on any atom is -0.486 e. The van der Waals surface area contributed by atoms with E-state index in [9.17, 15) is 4.79 Å². The summed E-state index contributed by atoms with van der Waals surface area (Å²) in [6.45, 7) is 1.01. The maximum absolute atomic E-state index is 10.9. The van der Waals surface area contributed by atoms with Crippen LogP contribution in [0.4, 0.5) is 0 Å². The van der Waals surface area contributed by atoms with Crippen LogP contribution in [0.25, 0.3) is 6.08 Å². The minimum atomic E-state index is -0.776. The number of nitrogens with zero attached hydrogens (tertiary/aromatic N) is 1. The van der Waals surface area contributed by atoms with Crippen molar-refractivity contribution in [2.75, 3.05) is 13.2 Å². The fourth-order valence-electron chi connectivity index (χ4n) is 1.45. The van der Waals surface area contributed by atoms with Crippen LogP contribution in [0.1, 0.15) is 5.56 Å². The van der Waals surface area contributed by atoms with Crippen molar-refractivity contribution in [1.82, 2.24) is 0 Å². The number of allylic oxidation sites excluding steroid dienone is 1. The molecule has 1 aromatic carbocycles. The molecule has 2 rings (SSSR count). The topological polar surface area (TPSA) is 59.3 Å². The summed E-state index contributed by atoms with van der Waals surface area (Å²) in [5.41, 5.74) is 0.558. The molecule has 4 nitrogen and oxygen atoms in total. The molecule has 0 aromatic heterocycles. The molecule has 1 aliphatic rings. The van der Waals surface area contributed by atoms with Crippen molar-refractivity contribution >= 4 is 22.9 Å². The number of halogens is 1. The summed E-state index contributed by atoms with van der Waals surface area (Å²) in [5.74, 6) is 1.26. The van der Waals surface area contributed by atoms with Crippen LogP contribution in [-0.2, 0) is 4.79 Å². The van der Waals surface area contributed by atoms with Gasteiger partial charge in [-0.2, -0.15) is 5.26 Å². The van der Waals surface area contributed by atoms with Gasteiger partial charge in [-0.15, -0.1) is 0 Å². The number of fused-ring (bicyclic) bond motifs is 1. The SMILES string of the molecule is N#CC(=Cc1ccc2c(c1)OCCO2)C(=O)Cl. The molecule has 86 valence electrons.